The quantitative estimate of drug-likeness (QED) is 0.520. The van der Waals surface area contributed by atoms with Crippen LogP contribution in [0.5, 0.6) is 5.75 Å². The summed E-state index contributed by atoms with van der Waals surface area (Å²) in [5, 5.41) is 0.876. The van der Waals surface area contributed by atoms with Gasteiger partial charge >= 0.3 is 0 Å². The third-order valence-electron chi connectivity index (χ3n) is 2.89. The van der Waals surface area contributed by atoms with Crippen molar-refractivity contribution in [3.05, 3.63) is 65.7 Å². The molecule has 0 radical (unpaired) electrons. The van der Waals surface area contributed by atoms with Gasteiger partial charge in [0.25, 0.3) is 0 Å². The highest BCUT2D eigenvalue weighted by Gasteiger charge is 1.96. The molecule has 0 heterocycles. The van der Waals surface area contributed by atoms with Crippen molar-refractivity contribution >= 4 is 15.9 Å². The van der Waals surface area contributed by atoms with Crippen molar-refractivity contribution in [3.8, 4) is 5.75 Å². The van der Waals surface area contributed by atoms with Crippen LogP contribution in [0.3, 0.4) is 0 Å². The summed E-state index contributed by atoms with van der Waals surface area (Å²) in [4.78, 5) is 0. The van der Waals surface area contributed by atoms with Gasteiger partial charge in [0.1, 0.15) is 5.75 Å². The Morgan fingerprint density at radius 2 is 1.55 bits per heavy atom. The van der Waals surface area contributed by atoms with Crippen LogP contribution >= 0.6 is 15.9 Å². The predicted molar refractivity (Wildman–Crippen MR) is 85.3 cm³/mol. The van der Waals surface area contributed by atoms with Crippen molar-refractivity contribution in [1.29, 1.82) is 0 Å². The van der Waals surface area contributed by atoms with Gasteiger partial charge in [0.15, 0.2) is 0 Å². The zero-order valence-electron chi connectivity index (χ0n) is 11.4. The molecule has 0 saturated heterocycles. The molecular formula is C17H19BrO2. The maximum absolute atomic E-state index is 5.66. The van der Waals surface area contributed by atoms with E-state index in [1.165, 1.54) is 11.1 Å². The minimum Gasteiger partial charge on any atom is -0.494 e. The highest BCUT2D eigenvalue weighted by atomic mass is 79.9. The van der Waals surface area contributed by atoms with E-state index in [1.54, 1.807) is 0 Å². The Labute approximate surface area is 128 Å². The van der Waals surface area contributed by atoms with Crippen molar-refractivity contribution in [2.45, 2.75) is 18.4 Å². The minimum absolute atomic E-state index is 0.667. The second kappa shape index (κ2) is 8.77. The normalized spacial score (nSPS) is 10.4. The van der Waals surface area contributed by atoms with Crippen LogP contribution in [-0.4, -0.2) is 13.2 Å². The molecule has 2 aromatic rings. The van der Waals surface area contributed by atoms with Gasteiger partial charge in [0, 0.05) is 11.8 Å². The Kier molecular flexibility index (Phi) is 6.61. The maximum atomic E-state index is 5.66. The van der Waals surface area contributed by atoms with Crippen LogP contribution in [0.15, 0.2) is 54.6 Å². The number of hydrogen-bond donors (Lipinski definition) is 0. The molecule has 20 heavy (non-hydrogen) atoms. The van der Waals surface area contributed by atoms with Crippen molar-refractivity contribution in [2.75, 3.05) is 13.2 Å². The van der Waals surface area contributed by atoms with Gasteiger partial charge in [0.05, 0.1) is 19.8 Å². The lowest BCUT2D eigenvalue weighted by atomic mass is 10.2. The summed E-state index contributed by atoms with van der Waals surface area (Å²) < 4.78 is 11.3. The molecule has 0 aliphatic rings. The molecule has 0 aliphatic carbocycles. The summed E-state index contributed by atoms with van der Waals surface area (Å²) in [6, 6.07) is 18.3. The molecular weight excluding hydrogens is 316 g/mol. The van der Waals surface area contributed by atoms with E-state index in [-0.39, 0.29) is 0 Å². The smallest absolute Gasteiger partial charge is 0.119 e. The third-order valence-corrected chi connectivity index (χ3v) is 3.54. The van der Waals surface area contributed by atoms with Gasteiger partial charge in [-0.15, -0.1) is 0 Å². The van der Waals surface area contributed by atoms with E-state index in [1.807, 2.05) is 30.3 Å². The average Bonchev–Trinajstić information content (AvgIpc) is 2.52. The molecule has 0 spiro atoms. The molecule has 2 rings (SSSR count). The molecule has 0 atom stereocenters. The summed E-state index contributed by atoms with van der Waals surface area (Å²) in [5.41, 5.74) is 2.46. The largest absolute Gasteiger partial charge is 0.494 e. The fourth-order valence-corrected chi connectivity index (χ4v) is 2.16. The van der Waals surface area contributed by atoms with E-state index < -0.39 is 0 Å². The van der Waals surface area contributed by atoms with E-state index in [0.717, 1.165) is 17.5 Å². The Morgan fingerprint density at radius 1 is 0.800 bits per heavy atom. The first-order valence-corrected chi connectivity index (χ1v) is 7.90. The molecule has 0 unspecified atom stereocenters. The minimum atomic E-state index is 0.667. The first-order valence-electron chi connectivity index (χ1n) is 6.78. The first kappa shape index (κ1) is 15.1. The lowest BCUT2D eigenvalue weighted by molar-refractivity contribution is 0.107. The molecule has 106 valence electrons. The Morgan fingerprint density at radius 3 is 2.25 bits per heavy atom. The SMILES string of the molecule is BrCc1ccc(OCCCOCc2ccccc2)cc1. The number of ether oxygens (including phenoxy) is 2. The first-order chi connectivity index (χ1) is 9.88. The highest BCUT2D eigenvalue weighted by molar-refractivity contribution is 9.08. The van der Waals surface area contributed by atoms with E-state index >= 15 is 0 Å². The highest BCUT2D eigenvalue weighted by Crippen LogP contribution is 2.14. The van der Waals surface area contributed by atoms with Crippen molar-refractivity contribution < 1.29 is 9.47 Å². The number of halogens is 1. The zero-order chi connectivity index (χ0) is 14.0. The van der Waals surface area contributed by atoms with Crippen molar-refractivity contribution in [3.63, 3.8) is 0 Å². The monoisotopic (exact) mass is 334 g/mol. The van der Waals surface area contributed by atoms with Gasteiger partial charge in [-0.3, -0.25) is 0 Å². The van der Waals surface area contributed by atoms with Crippen LogP contribution in [-0.2, 0) is 16.7 Å². The molecule has 0 bridgehead atoms. The summed E-state index contributed by atoms with van der Waals surface area (Å²) in [6.07, 6.45) is 0.896. The molecule has 0 amide bonds. The summed E-state index contributed by atoms with van der Waals surface area (Å²) in [6.45, 7) is 2.07. The number of hydrogen-bond acceptors (Lipinski definition) is 2. The van der Waals surface area contributed by atoms with E-state index in [0.29, 0.717) is 19.8 Å². The zero-order valence-corrected chi connectivity index (χ0v) is 13.0. The lowest BCUT2D eigenvalue weighted by Crippen LogP contribution is -2.03. The van der Waals surface area contributed by atoms with Gasteiger partial charge in [0.2, 0.25) is 0 Å². The predicted octanol–water partition coefficient (Wildman–Crippen LogP) is 4.57. The summed E-state index contributed by atoms with van der Waals surface area (Å²) in [7, 11) is 0. The Balaban J connectivity index is 1.57. The average molecular weight is 335 g/mol. The molecule has 2 aromatic carbocycles. The number of rotatable bonds is 8. The van der Waals surface area contributed by atoms with E-state index in [4.69, 9.17) is 9.47 Å². The van der Waals surface area contributed by atoms with Crippen LogP contribution in [0.2, 0.25) is 0 Å². The van der Waals surface area contributed by atoms with Crippen molar-refractivity contribution in [2.24, 2.45) is 0 Å². The fraction of sp³-hybridized carbons (Fsp3) is 0.294. The van der Waals surface area contributed by atoms with Crippen LogP contribution in [0.25, 0.3) is 0 Å². The number of alkyl halides is 1. The Hall–Kier alpha value is -1.32. The lowest BCUT2D eigenvalue weighted by Gasteiger charge is -2.07. The van der Waals surface area contributed by atoms with Crippen LogP contribution in [0.1, 0.15) is 17.5 Å². The van der Waals surface area contributed by atoms with Crippen LogP contribution in [0, 0.1) is 0 Å². The maximum Gasteiger partial charge on any atom is 0.119 e. The molecule has 0 aromatic heterocycles. The second-order valence-corrected chi connectivity index (χ2v) is 5.08. The summed E-state index contributed by atoms with van der Waals surface area (Å²) in [5.74, 6) is 0.915. The van der Waals surface area contributed by atoms with Gasteiger partial charge in [-0.2, -0.15) is 0 Å². The third kappa shape index (κ3) is 5.35. The summed E-state index contributed by atoms with van der Waals surface area (Å²) >= 11 is 3.43. The van der Waals surface area contributed by atoms with Crippen LogP contribution < -0.4 is 4.74 Å². The topological polar surface area (TPSA) is 18.5 Å². The van der Waals surface area contributed by atoms with E-state index in [2.05, 4.69) is 40.2 Å². The molecule has 3 heteroatoms. The second-order valence-electron chi connectivity index (χ2n) is 4.52. The standard InChI is InChI=1S/C17H19BrO2/c18-13-15-7-9-17(10-8-15)20-12-4-11-19-14-16-5-2-1-3-6-16/h1-3,5-10H,4,11-14H2. The fourth-order valence-electron chi connectivity index (χ4n) is 1.79. The van der Waals surface area contributed by atoms with Crippen LogP contribution in [0.4, 0.5) is 0 Å². The molecule has 0 N–H and O–H groups in total. The van der Waals surface area contributed by atoms with Gasteiger partial charge in [-0.05, 0) is 23.3 Å². The van der Waals surface area contributed by atoms with Gasteiger partial charge in [-0.25, -0.2) is 0 Å². The van der Waals surface area contributed by atoms with Gasteiger partial charge in [-0.1, -0.05) is 58.4 Å². The Bertz CT molecular complexity index is 482. The van der Waals surface area contributed by atoms with Crippen molar-refractivity contribution in [1.82, 2.24) is 0 Å². The molecule has 0 fully saturated rings. The van der Waals surface area contributed by atoms with Gasteiger partial charge < -0.3 is 9.47 Å². The van der Waals surface area contributed by atoms with E-state index in [9.17, 15) is 0 Å². The molecule has 0 aliphatic heterocycles. The molecule has 2 nitrogen and oxygen atoms in total. The number of benzene rings is 2. The molecule has 0 saturated carbocycles.